The Balaban J connectivity index is 1.85. The molecule has 2 heterocycles. The predicted molar refractivity (Wildman–Crippen MR) is 113 cm³/mol. The Morgan fingerprint density at radius 1 is 1.15 bits per heavy atom. The zero-order valence-corrected chi connectivity index (χ0v) is 18.3. The second-order valence-electron chi connectivity index (χ2n) is 7.54. The van der Waals surface area contributed by atoms with Gasteiger partial charge < -0.3 is 10.5 Å². The van der Waals surface area contributed by atoms with Crippen LogP contribution in [0.4, 0.5) is 13.2 Å². The zero-order valence-electron chi connectivity index (χ0n) is 17.5. The number of benzene rings is 2. The maximum atomic E-state index is 13.6. The van der Waals surface area contributed by atoms with Crippen molar-refractivity contribution >= 4 is 45.2 Å². The number of thiazole rings is 1. The van der Waals surface area contributed by atoms with E-state index >= 15 is 0 Å². The molecule has 1 unspecified atom stereocenters. The van der Waals surface area contributed by atoms with E-state index < -0.39 is 53.8 Å². The largest absolute Gasteiger partial charge is 0.468 e. The van der Waals surface area contributed by atoms with Gasteiger partial charge in [-0.15, -0.1) is 11.3 Å². The van der Waals surface area contributed by atoms with Gasteiger partial charge in [0.1, 0.15) is 5.01 Å². The standard InChI is InChI=1S/C22H16F3N3O5S/c1-33-20(32)21(9-15(26)29)12-6-3-2-5-11(12)18(30)28(19(21)31)10-16-27-17-13(22(23,24)25)7-4-8-14(17)34-16/h2-8H,9-10H2,1H3,(H2,26,29). The molecule has 2 N–H and O–H groups in total. The molecule has 34 heavy (non-hydrogen) atoms. The number of rotatable bonds is 5. The van der Waals surface area contributed by atoms with Gasteiger partial charge >= 0.3 is 12.1 Å². The fourth-order valence-corrected chi connectivity index (χ4v) is 5.05. The van der Waals surface area contributed by atoms with Gasteiger partial charge in [-0.1, -0.05) is 24.3 Å². The SMILES string of the molecule is COC(=O)C1(CC(N)=O)C(=O)N(Cc2nc3c(C(F)(F)F)cccc3s2)C(=O)c2ccccc21. The van der Waals surface area contributed by atoms with Crippen molar-refractivity contribution in [3.63, 3.8) is 0 Å². The van der Waals surface area contributed by atoms with E-state index in [9.17, 15) is 32.3 Å². The molecule has 8 nitrogen and oxygen atoms in total. The fourth-order valence-electron chi connectivity index (χ4n) is 4.07. The normalized spacial score (nSPS) is 18.2. The van der Waals surface area contributed by atoms with Crippen LogP contribution < -0.4 is 5.73 Å². The summed E-state index contributed by atoms with van der Waals surface area (Å²) in [6, 6.07) is 9.27. The van der Waals surface area contributed by atoms with E-state index in [-0.39, 0.29) is 26.4 Å². The average molecular weight is 491 g/mol. The number of nitrogens with zero attached hydrogens (tertiary/aromatic N) is 2. The smallest absolute Gasteiger partial charge is 0.418 e. The van der Waals surface area contributed by atoms with E-state index in [0.717, 1.165) is 24.5 Å². The summed E-state index contributed by atoms with van der Waals surface area (Å²) in [6.45, 7) is -0.514. The van der Waals surface area contributed by atoms with Crippen LogP contribution in [0.25, 0.3) is 10.2 Å². The van der Waals surface area contributed by atoms with Crippen LogP contribution in [0.1, 0.15) is 32.9 Å². The number of halogens is 3. The molecule has 2 aromatic carbocycles. The Morgan fingerprint density at radius 3 is 2.50 bits per heavy atom. The highest BCUT2D eigenvalue weighted by atomic mass is 32.1. The van der Waals surface area contributed by atoms with E-state index in [1.807, 2.05) is 0 Å². The molecular weight excluding hydrogens is 475 g/mol. The second kappa shape index (κ2) is 8.20. The Hall–Kier alpha value is -3.80. The van der Waals surface area contributed by atoms with Gasteiger partial charge in [0.2, 0.25) is 5.91 Å². The molecule has 1 aliphatic heterocycles. The number of aromatic nitrogens is 1. The number of nitrogens with two attached hydrogens (primary N) is 1. The first-order chi connectivity index (χ1) is 16.0. The Labute approximate surface area is 194 Å². The monoisotopic (exact) mass is 491 g/mol. The van der Waals surface area contributed by atoms with Crippen LogP contribution in [0.15, 0.2) is 42.5 Å². The van der Waals surface area contributed by atoms with Gasteiger partial charge in [0.15, 0.2) is 5.41 Å². The Morgan fingerprint density at radius 2 is 1.85 bits per heavy atom. The molecule has 0 fully saturated rings. The van der Waals surface area contributed by atoms with Crippen LogP contribution in [0.5, 0.6) is 0 Å². The van der Waals surface area contributed by atoms with Crippen molar-refractivity contribution < 1.29 is 37.1 Å². The molecule has 0 bridgehead atoms. The van der Waals surface area contributed by atoms with Crippen molar-refractivity contribution in [3.05, 3.63) is 64.2 Å². The first-order valence-corrected chi connectivity index (χ1v) is 10.6. The van der Waals surface area contributed by atoms with Crippen molar-refractivity contribution in [1.29, 1.82) is 0 Å². The molecule has 3 amide bonds. The summed E-state index contributed by atoms with van der Waals surface area (Å²) >= 11 is 0.870. The van der Waals surface area contributed by atoms with Crippen LogP contribution in [-0.4, -0.2) is 40.7 Å². The summed E-state index contributed by atoms with van der Waals surface area (Å²) < 4.78 is 45.2. The molecule has 1 aromatic heterocycles. The fraction of sp³-hybridized carbons (Fsp3) is 0.227. The van der Waals surface area contributed by atoms with Gasteiger partial charge in [-0.3, -0.25) is 24.1 Å². The number of esters is 1. The zero-order chi connectivity index (χ0) is 24.8. The highest BCUT2D eigenvalue weighted by Crippen LogP contribution is 2.41. The van der Waals surface area contributed by atoms with E-state index in [1.54, 1.807) is 0 Å². The van der Waals surface area contributed by atoms with Gasteiger partial charge in [-0.25, -0.2) is 4.98 Å². The van der Waals surface area contributed by atoms with Crippen molar-refractivity contribution in [2.75, 3.05) is 7.11 Å². The molecule has 176 valence electrons. The predicted octanol–water partition coefficient (Wildman–Crippen LogP) is 2.78. The third kappa shape index (κ3) is 3.59. The molecule has 4 rings (SSSR count). The highest BCUT2D eigenvalue weighted by molar-refractivity contribution is 7.18. The third-order valence-corrected chi connectivity index (χ3v) is 6.51. The number of carbonyl (C=O) groups is 4. The number of methoxy groups -OCH3 is 1. The molecule has 1 aliphatic rings. The number of carbonyl (C=O) groups excluding carboxylic acids is 4. The van der Waals surface area contributed by atoms with E-state index in [2.05, 4.69) is 4.98 Å². The van der Waals surface area contributed by atoms with Crippen LogP contribution in [0.3, 0.4) is 0 Å². The van der Waals surface area contributed by atoms with Crippen LogP contribution in [-0.2, 0) is 37.3 Å². The molecule has 0 saturated carbocycles. The van der Waals surface area contributed by atoms with Crippen molar-refractivity contribution in [2.24, 2.45) is 5.73 Å². The number of para-hydroxylation sites is 1. The molecule has 3 aromatic rings. The summed E-state index contributed by atoms with van der Waals surface area (Å²) in [5, 5.41) is 0.0330. The second-order valence-corrected chi connectivity index (χ2v) is 8.65. The number of hydrogen-bond acceptors (Lipinski definition) is 7. The first-order valence-electron chi connectivity index (χ1n) is 9.79. The maximum Gasteiger partial charge on any atom is 0.418 e. The van der Waals surface area contributed by atoms with Gasteiger partial charge in [0.25, 0.3) is 11.8 Å². The molecular formula is C22H16F3N3O5S. The number of imide groups is 1. The van der Waals surface area contributed by atoms with Gasteiger partial charge in [0, 0.05) is 5.56 Å². The molecule has 0 spiro atoms. The lowest BCUT2D eigenvalue weighted by Crippen LogP contribution is -2.59. The van der Waals surface area contributed by atoms with Gasteiger partial charge in [0.05, 0.1) is 35.9 Å². The van der Waals surface area contributed by atoms with Crippen LogP contribution >= 0.6 is 11.3 Å². The number of hydrogen-bond donors (Lipinski definition) is 1. The number of amides is 3. The number of fused-ring (bicyclic) bond motifs is 2. The Kier molecular flexibility index (Phi) is 5.64. The minimum Gasteiger partial charge on any atom is -0.468 e. The number of ether oxygens (including phenoxy) is 1. The van der Waals surface area contributed by atoms with Crippen molar-refractivity contribution in [2.45, 2.75) is 24.6 Å². The summed E-state index contributed by atoms with van der Waals surface area (Å²) in [6.07, 6.45) is -5.42. The van der Waals surface area contributed by atoms with Gasteiger partial charge in [-0.05, 0) is 23.8 Å². The lowest BCUT2D eigenvalue weighted by Gasteiger charge is -2.38. The highest BCUT2D eigenvalue weighted by Gasteiger charge is 2.57. The quantitative estimate of drug-likeness (QED) is 0.333. The lowest BCUT2D eigenvalue weighted by molar-refractivity contribution is -0.158. The molecule has 0 saturated heterocycles. The van der Waals surface area contributed by atoms with Crippen molar-refractivity contribution in [1.82, 2.24) is 9.88 Å². The lowest BCUT2D eigenvalue weighted by atomic mass is 9.71. The Bertz CT molecular complexity index is 1350. The minimum atomic E-state index is -4.65. The maximum absolute atomic E-state index is 13.6. The third-order valence-electron chi connectivity index (χ3n) is 5.51. The molecule has 1 atom stereocenters. The summed E-state index contributed by atoms with van der Waals surface area (Å²) in [5.41, 5.74) is 1.78. The van der Waals surface area contributed by atoms with Crippen LogP contribution in [0.2, 0.25) is 0 Å². The molecule has 0 radical (unpaired) electrons. The van der Waals surface area contributed by atoms with E-state index in [4.69, 9.17) is 10.5 Å². The number of primary amides is 1. The topological polar surface area (TPSA) is 120 Å². The molecule has 0 aliphatic carbocycles. The van der Waals surface area contributed by atoms with E-state index in [0.29, 0.717) is 4.90 Å². The number of alkyl halides is 3. The van der Waals surface area contributed by atoms with Crippen molar-refractivity contribution in [3.8, 4) is 0 Å². The van der Waals surface area contributed by atoms with E-state index in [1.165, 1.54) is 36.4 Å². The average Bonchev–Trinajstić information content (AvgIpc) is 3.20. The molecule has 12 heteroatoms. The minimum absolute atomic E-state index is 0.0319. The van der Waals surface area contributed by atoms with Crippen LogP contribution in [0, 0.1) is 0 Å². The van der Waals surface area contributed by atoms with Gasteiger partial charge in [-0.2, -0.15) is 13.2 Å². The first kappa shape index (κ1) is 23.4. The summed E-state index contributed by atoms with van der Waals surface area (Å²) in [7, 11) is 1.02. The summed E-state index contributed by atoms with van der Waals surface area (Å²) in [4.78, 5) is 56.2. The summed E-state index contributed by atoms with van der Waals surface area (Å²) in [5.74, 6) is -3.94.